The first kappa shape index (κ1) is 13.6. The van der Waals surface area contributed by atoms with E-state index in [1.165, 1.54) is 0 Å². The number of aryl methyl sites for hydroxylation is 1. The Morgan fingerprint density at radius 2 is 2.05 bits per heavy atom. The zero-order valence-corrected chi connectivity index (χ0v) is 12.5. The van der Waals surface area contributed by atoms with Crippen LogP contribution in [-0.2, 0) is 13.0 Å². The van der Waals surface area contributed by atoms with Crippen LogP contribution in [0, 0.1) is 4.77 Å². The normalized spacial score (nSPS) is 10.7. The quantitative estimate of drug-likeness (QED) is 0.708. The predicted molar refractivity (Wildman–Crippen MR) is 84.0 cm³/mol. The monoisotopic (exact) mass is 300 g/mol. The highest BCUT2D eigenvalue weighted by Crippen LogP contribution is 2.21. The van der Waals surface area contributed by atoms with E-state index in [4.69, 9.17) is 16.6 Å². The molecule has 0 bridgehead atoms. The molecular formula is C15H16N4OS. The molecule has 0 spiro atoms. The predicted octanol–water partition coefficient (Wildman–Crippen LogP) is 3.51. The third-order valence-electron chi connectivity index (χ3n) is 3.19. The standard InChI is InChI=1S/C15H16N4OS/c1-2-14-17-18-15(21)19(14)16-10-12-8-9-13(20-12)11-6-4-3-5-7-11/h3-9,16H,2,10H2,1H3,(H,18,21). The van der Waals surface area contributed by atoms with E-state index in [1.54, 1.807) is 4.68 Å². The van der Waals surface area contributed by atoms with E-state index in [0.717, 1.165) is 29.3 Å². The van der Waals surface area contributed by atoms with Gasteiger partial charge in [-0.3, -0.25) is 5.10 Å². The van der Waals surface area contributed by atoms with Crippen LogP contribution in [0.3, 0.4) is 0 Å². The minimum Gasteiger partial charge on any atom is -0.459 e. The fraction of sp³-hybridized carbons (Fsp3) is 0.200. The van der Waals surface area contributed by atoms with Crippen molar-refractivity contribution in [2.24, 2.45) is 0 Å². The summed E-state index contributed by atoms with van der Waals surface area (Å²) in [6.45, 7) is 2.58. The van der Waals surface area contributed by atoms with Gasteiger partial charge in [0.05, 0.1) is 6.54 Å². The van der Waals surface area contributed by atoms with Gasteiger partial charge < -0.3 is 9.84 Å². The fourth-order valence-corrected chi connectivity index (χ4v) is 2.33. The maximum Gasteiger partial charge on any atom is 0.214 e. The number of aromatic amines is 1. The number of hydrogen-bond donors (Lipinski definition) is 2. The zero-order valence-electron chi connectivity index (χ0n) is 11.7. The Kier molecular flexibility index (Phi) is 3.87. The molecule has 6 heteroatoms. The molecule has 1 aromatic carbocycles. The topological polar surface area (TPSA) is 58.8 Å². The number of aromatic nitrogens is 3. The molecule has 0 fully saturated rings. The molecule has 3 aromatic rings. The van der Waals surface area contributed by atoms with E-state index >= 15 is 0 Å². The number of benzene rings is 1. The summed E-state index contributed by atoms with van der Waals surface area (Å²) in [6.07, 6.45) is 0.799. The molecule has 0 saturated heterocycles. The lowest BCUT2D eigenvalue weighted by molar-refractivity contribution is 0.521. The summed E-state index contributed by atoms with van der Waals surface area (Å²) in [6, 6.07) is 14.0. The average Bonchev–Trinajstić information content (AvgIpc) is 3.13. The SMILES string of the molecule is CCc1n[nH]c(=S)n1NCc1ccc(-c2ccccc2)o1. The van der Waals surface area contributed by atoms with Gasteiger partial charge in [-0.15, -0.1) is 0 Å². The average molecular weight is 300 g/mol. The van der Waals surface area contributed by atoms with E-state index in [9.17, 15) is 0 Å². The van der Waals surface area contributed by atoms with Gasteiger partial charge in [0.2, 0.25) is 4.77 Å². The Balaban J connectivity index is 1.73. The van der Waals surface area contributed by atoms with Gasteiger partial charge in [0.1, 0.15) is 11.5 Å². The van der Waals surface area contributed by atoms with Crippen LogP contribution in [-0.4, -0.2) is 14.9 Å². The highest BCUT2D eigenvalue weighted by molar-refractivity contribution is 7.71. The summed E-state index contributed by atoms with van der Waals surface area (Å²) in [5, 5.41) is 6.93. The van der Waals surface area contributed by atoms with Crippen molar-refractivity contribution in [1.29, 1.82) is 0 Å². The van der Waals surface area contributed by atoms with E-state index in [0.29, 0.717) is 11.3 Å². The lowest BCUT2D eigenvalue weighted by Gasteiger charge is -2.07. The van der Waals surface area contributed by atoms with Crippen molar-refractivity contribution in [2.75, 3.05) is 5.43 Å². The second-order valence-electron chi connectivity index (χ2n) is 4.60. The van der Waals surface area contributed by atoms with Crippen molar-refractivity contribution in [3.05, 3.63) is 58.8 Å². The molecule has 0 radical (unpaired) electrons. The smallest absolute Gasteiger partial charge is 0.214 e. The van der Waals surface area contributed by atoms with Crippen molar-refractivity contribution in [3.8, 4) is 11.3 Å². The minimum atomic E-state index is 0.549. The summed E-state index contributed by atoms with van der Waals surface area (Å²) in [5.41, 5.74) is 4.29. The number of H-pyrrole nitrogens is 1. The van der Waals surface area contributed by atoms with Gasteiger partial charge in [-0.1, -0.05) is 37.3 Å². The van der Waals surface area contributed by atoms with Crippen LogP contribution in [0.4, 0.5) is 0 Å². The van der Waals surface area contributed by atoms with Gasteiger partial charge in [-0.05, 0) is 24.4 Å². The van der Waals surface area contributed by atoms with Crippen molar-refractivity contribution in [1.82, 2.24) is 14.9 Å². The molecular weight excluding hydrogens is 284 g/mol. The summed E-state index contributed by atoms with van der Waals surface area (Å²) in [5.74, 6) is 2.58. The first-order valence-corrected chi connectivity index (χ1v) is 7.23. The molecule has 2 aromatic heterocycles. The molecule has 0 saturated carbocycles. The maximum atomic E-state index is 5.84. The van der Waals surface area contributed by atoms with E-state index < -0.39 is 0 Å². The highest BCUT2D eigenvalue weighted by atomic mass is 32.1. The minimum absolute atomic E-state index is 0.549. The highest BCUT2D eigenvalue weighted by Gasteiger charge is 2.06. The van der Waals surface area contributed by atoms with Crippen molar-refractivity contribution in [2.45, 2.75) is 19.9 Å². The molecule has 3 rings (SSSR count). The first-order chi connectivity index (χ1) is 10.3. The van der Waals surface area contributed by atoms with Crippen molar-refractivity contribution < 1.29 is 4.42 Å². The van der Waals surface area contributed by atoms with Gasteiger partial charge in [0, 0.05) is 12.0 Å². The summed E-state index contributed by atoms with van der Waals surface area (Å²) >= 11 is 5.19. The fourth-order valence-electron chi connectivity index (χ4n) is 2.12. The van der Waals surface area contributed by atoms with Crippen molar-refractivity contribution in [3.63, 3.8) is 0 Å². The molecule has 2 heterocycles. The molecule has 0 aliphatic heterocycles. The van der Waals surface area contributed by atoms with Crippen LogP contribution >= 0.6 is 12.2 Å². The van der Waals surface area contributed by atoms with Crippen LogP contribution in [0.5, 0.6) is 0 Å². The largest absolute Gasteiger partial charge is 0.459 e. The summed E-state index contributed by atoms with van der Waals surface area (Å²) in [4.78, 5) is 0. The van der Waals surface area contributed by atoms with E-state index in [1.807, 2.05) is 49.4 Å². The second kappa shape index (κ2) is 5.97. The Morgan fingerprint density at radius 1 is 1.24 bits per heavy atom. The Morgan fingerprint density at radius 3 is 2.81 bits per heavy atom. The Bertz CT molecular complexity index is 772. The molecule has 5 nitrogen and oxygen atoms in total. The molecule has 0 unspecified atom stereocenters. The third kappa shape index (κ3) is 2.90. The molecule has 108 valence electrons. The number of furan rings is 1. The van der Waals surface area contributed by atoms with Crippen LogP contribution < -0.4 is 5.43 Å². The zero-order chi connectivity index (χ0) is 14.7. The molecule has 21 heavy (non-hydrogen) atoms. The van der Waals surface area contributed by atoms with E-state index in [2.05, 4.69) is 15.6 Å². The number of hydrogen-bond acceptors (Lipinski definition) is 4. The Labute approximate surface area is 127 Å². The van der Waals surface area contributed by atoms with Crippen LogP contribution in [0.1, 0.15) is 18.5 Å². The van der Waals surface area contributed by atoms with Gasteiger partial charge in [-0.25, -0.2) is 4.68 Å². The third-order valence-corrected chi connectivity index (χ3v) is 3.46. The lowest BCUT2D eigenvalue weighted by atomic mass is 10.2. The molecule has 0 aliphatic rings. The first-order valence-electron chi connectivity index (χ1n) is 6.82. The second-order valence-corrected chi connectivity index (χ2v) is 4.99. The van der Waals surface area contributed by atoms with Gasteiger partial charge in [0.25, 0.3) is 0 Å². The summed E-state index contributed by atoms with van der Waals surface area (Å²) < 4.78 is 8.18. The van der Waals surface area contributed by atoms with Gasteiger partial charge in [-0.2, -0.15) is 5.10 Å². The molecule has 0 aliphatic carbocycles. The van der Waals surface area contributed by atoms with Crippen LogP contribution in [0.15, 0.2) is 46.9 Å². The lowest BCUT2D eigenvalue weighted by Crippen LogP contribution is -2.16. The van der Waals surface area contributed by atoms with Gasteiger partial charge >= 0.3 is 0 Å². The number of rotatable bonds is 5. The molecule has 0 amide bonds. The van der Waals surface area contributed by atoms with Crippen LogP contribution in [0.2, 0.25) is 0 Å². The molecule has 0 atom stereocenters. The summed E-state index contributed by atoms with van der Waals surface area (Å²) in [7, 11) is 0. The van der Waals surface area contributed by atoms with Crippen molar-refractivity contribution >= 4 is 12.2 Å². The number of nitrogens with zero attached hydrogens (tertiary/aromatic N) is 2. The maximum absolute atomic E-state index is 5.84. The van der Waals surface area contributed by atoms with Gasteiger partial charge in [0.15, 0.2) is 5.82 Å². The van der Waals surface area contributed by atoms with Crippen LogP contribution in [0.25, 0.3) is 11.3 Å². The van der Waals surface area contributed by atoms with E-state index in [-0.39, 0.29) is 0 Å². The Hall–Kier alpha value is -2.34. The molecule has 2 N–H and O–H groups in total. The number of nitrogens with one attached hydrogen (secondary N) is 2.